The summed E-state index contributed by atoms with van der Waals surface area (Å²) in [5.41, 5.74) is 5.17. The third kappa shape index (κ3) is 2.93. The molecule has 1 unspecified atom stereocenters. The Hall–Kier alpha value is -1.88. The Balaban J connectivity index is 2.10. The molecular weight excluding hydrogens is 268 g/mol. The van der Waals surface area contributed by atoms with Crippen LogP contribution in [0.2, 0.25) is 0 Å². The van der Waals surface area contributed by atoms with Gasteiger partial charge in [0.05, 0.1) is 5.41 Å². The summed E-state index contributed by atoms with van der Waals surface area (Å²) in [5.74, 6) is -0.950. The van der Waals surface area contributed by atoms with Gasteiger partial charge in [-0.25, -0.2) is 0 Å². The van der Waals surface area contributed by atoms with E-state index in [1.54, 1.807) is 18.7 Å². The molecule has 5 nitrogen and oxygen atoms in total. The highest BCUT2D eigenvalue weighted by molar-refractivity contribution is 5.87. The predicted octanol–water partition coefficient (Wildman–Crippen LogP) is 1.57. The number of carbonyl (C=O) groups is 2. The molecular formula is C16H22N2O3. The number of nitrogens with two attached hydrogens (primary N) is 1. The Bertz CT molecular complexity index is 532. The standard InChI is InChI=1S/C16H22N2O3/c1-15(14(20)21)8-10-18(11-9-15)13(19)16(2,17)12-6-4-3-5-7-12/h3-7H,8-11,17H2,1-2H3,(H,20,21). The fourth-order valence-corrected chi connectivity index (χ4v) is 2.65. The number of amides is 1. The Morgan fingerprint density at radius 2 is 1.76 bits per heavy atom. The van der Waals surface area contributed by atoms with Crippen LogP contribution in [0.4, 0.5) is 0 Å². The van der Waals surface area contributed by atoms with Gasteiger partial charge in [0.1, 0.15) is 5.54 Å². The number of carboxylic acid groups (broad SMARTS) is 1. The molecule has 1 fully saturated rings. The van der Waals surface area contributed by atoms with Crippen LogP contribution >= 0.6 is 0 Å². The summed E-state index contributed by atoms with van der Waals surface area (Å²) in [4.78, 5) is 25.6. The van der Waals surface area contributed by atoms with Crippen LogP contribution in [-0.2, 0) is 15.1 Å². The van der Waals surface area contributed by atoms with E-state index in [2.05, 4.69) is 0 Å². The van der Waals surface area contributed by atoms with Gasteiger partial charge < -0.3 is 15.7 Å². The van der Waals surface area contributed by atoms with Crippen molar-refractivity contribution in [1.29, 1.82) is 0 Å². The highest BCUT2D eigenvalue weighted by atomic mass is 16.4. The monoisotopic (exact) mass is 290 g/mol. The van der Waals surface area contributed by atoms with Gasteiger partial charge in [0.2, 0.25) is 5.91 Å². The lowest BCUT2D eigenvalue weighted by molar-refractivity contribution is -0.154. The van der Waals surface area contributed by atoms with Gasteiger partial charge in [0, 0.05) is 13.1 Å². The molecule has 1 aromatic carbocycles. The molecule has 1 aliphatic heterocycles. The lowest BCUT2D eigenvalue weighted by Gasteiger charge is -2.39. The Kier molecular flexibility index (Phi) is 4.05. The van der Waals surface area contributed by atoms with E-state index in [1.807, 2.05) is 30.3 Å². The quantitative estimate of drug-likeness (QED) is 0.885. The normalized spacial score (nSPS) is 20.6. The molecule has 1 heterocycles. The van der Waals surface area contributed by atoms with Crippen molar-refractivity contribution < 1.29 is 14.7 Å². The molecule has 1 aliphatic rings. The molecule has 1 aromatic rings. The van der Waals surface area contributed by atoms with E-state index in [0.717, 1.165) is 5.56 Å². The lowest BCUT2D eigenvalue weighted by Crippen LogP contribution is -2.54. The molecule has 2 rings (SSSR count). The molecule has 3 N–H and O–H groups in total. The van der Waals surface area contributed by atoms with Crippen molar-refractivity contribution in [3.8, 4) is 0 Å². The predicted molar refractivity (Wildman–Crippen MR) is 79.5 cm³/mol. The molecule has 114 valence electrons. The lowest BCUT2D eigenvalue weighted by atomic mass is 9.80. The molecule has 5 heteroatoms. The number of nitrogens with zero attached hydrogens (tertiary/aromatic N) is 1. The summed E-state index contributed by atoms with van der Waals surface area (Å²) in [6.07, 6.45) is 0.915. The van der Waals surface area contributed by atoms with Gasteiger partial charge in [-0.1, -0.05) is 30.3 Å². The summed E-state index contributed by atoms with van der Waals surface area (Å²) in [6.45, 7) is 4.30. The average molecular weight is 290 g/mol. The number of hydrogen-bond acceptors (Lipinski definition) is 3. The molecule has 0 spiro atoms. The van der Waals surface area contributed by atoms with E-state index < -0.39 is 16.9 Å². The van der Waals surface area contributed by atoms with Crippen LogP contribution in [0.15, 0.2) is 30.3 Å². The van der Waals surface area contributed by atoms with Crippen LogP contribution in [-0.4, -0.2) is 35.0 Å². The Morgan fingerprint density at radius 1 is 1.24 bits per heavy atom. The van der Waals surface area contributed by atoms with Gasteiger partial charge in [0.15, 0.2) is 0 Å². The fourth-order valence-electron chi connectivity index (χ4n) is 2.65. The Labute approximate surface area is 124 Å². The smallest absolute Gasteiger partial charge is 0.309 e. The SMILES string of the molecule is CC1(C(=O)O)CCN(C(=O)C(C)(N)c2ccccc2)CC1. The van der Waals surface area contributed by atoms with Gasteiger partial charge in [-0.15, -0.1) is 0 Å². The van der Waals surface area contributed by atoms with E-state index in [4.69, 9.17) is 5.73 Å². The minimum Gasteiger partial charge on any atom is -0.481 e. The molecule has 21 heavy (non-hydrogen) atoms. The van der Waals surface area contributed by atoms with Crippen molar-refractivity contribution in [3.05, 3.63) is 35.9 Å². The topological polar surface area (TPSA) is 83.6 Å². The largest absolute Gasteiger partial charge is 0.481 e. The first-order valence-corrected chi connectivity index (χ1v) is 7.14. The highest BCUT2D eigenvalue weighted by Crippen LogP contribution is 2.32. The Morgan fingerprint density at radius 3 is 2.24 bits per heavy atom. The number of hydrogen-bond donors (Lipinski definition) is 2. The highest BCUT2D eigenvalue weighted by Gasteiger charge is 2.41. The van der Waals surface area contributed by atoms with E-state index in [9.17, 15) is 14.7 Å². The number of benzene rings is 1. The second-order valence-corrected chi connectivity index (χ2v) is 6.23. The summed E-state index contributed by atoms with van der Waals surface area (Å²) in [7, 11) is 0. The zero-order chi connectivity index (χ0) is 15.7. The zero-order valence-corrected chi connectivity index (χ0v) is 12.5. The van der Waals surface area contributed by atoms with Gasteiger partial charge in [-0.2, -0.15) is 0 Å². The molecule has 1 saturated heterocycles. The van der Waals surface area contributed by atoms with Crippen molar-refractivity contribution in [3.63, 3.8) is 0 Å². The number of aliphatic carboxylic acids is 1. The fraction of sp³-hybridized carbons (Fsp3) is 0.500. The van der Waals surface area contributed by atoms with E-state index >= 15 is 0 Å². The summed E-state index contributed by atoms with van der Waals surface area (Å²) in [6, 6.07) is 9.26. The summed E-state index contributed by atoms with van der Waals surface area (Å²) < 4.78 is 0. The maximum Gasteiger partial charge on any atom is 0.309 e. The first-order valence-electron chi connectivity index (χ1n) is 7.14. The van der Waals surface area contributed by atoms with E-state index in [1.165, 1.54) is 0 Å². The van der Waals surface area contributed by atoms with Crippen molar-refractivity contribution >= 4 is 11.9 Å². The molecule has 0 saturated carbocycles. The number of rotatable bonds is 3. The third-order valence-corrected chi connectivity index (χ3v) is 4.49. The van der Waals surface area contributed by atoms with Gasteiger partial charge in [-0.3, -0.25) is 9.59 Å². The van der Waals surface area contributed by atoms with Crippen LogP contribution in [0.5, 0.6) is 0 Å². The van der Waals surface area contributed by atoms with Crippen LogP contribution in [0.25, 0.3) is 0 Å². The number of likely N-dealkylation sites (tertiary alicyclic amines) is 1. The number of piperidine rings is 1. The van der Waals surface area contributed by atoms with E-state index in [-0.39, 0.29) is 5.91 Å². The van der Waals surface area contributed by atoms with Crippen LogP contribution in [0, 0.1) is 5.41 Å². The van der Waals surface area contributed by atoms with E-state index in [0.29, 0.717) is 25.9 Å². The summed E-state index contributed by atoms with van der Waals surface area (Å²) >= 11 is 0. The van der Waals surface area contributed by atoms with Gasteiger partial charge in [0.25, 0.3) is 0 Å². The first kappa shape index (κ1) is 15.5. The average Bonchev–Trinajstić information content (AvgIpc) is 2.48. The van der Waals surface area contributed by atoms with Crippen LogP contribution < -0.4 is 5.73 Å². The van der Waals surface area contributed by atoms with Crippen molar-refractivity contribution in [2.45, 2.75) is 32.2 Å². The molecule has 0 radical (unpaired) electrons. The third-order valence-electron chi connectivity index (χ3n) is 4.49. The van der Waals surface area contributed by atoms with Crippen molar-refractivity contribution in [2.75, 3.05) is 13.1 Å². The van der Waals surface area contributed by atoms with Gasteiger partial charge >= 0.3 is 5.97 Å². The van der Waals surface area contributed by atoms with Crippen molar-refractivity contribution in [1.82, 2.24) is 4.90 Å². The van der Waals surface area contributed by atoms with Crippen molar-refractivity contribution in [2.24, 2.45) is 11.1 Å². The van der Waals surface area contributed by atoms with Crippen LogP contribution in [0.1, 0.15) is 32.3 Å². The first-order chi connectivity index (χ1) is 9.77. The molecule has 1 atom stereocenters. The minimum atomic E-state index is -1.09. The van der Waals surface area contributed by atoms with Crippen LogP contribution in [0.3, 0.4) is 0 Å². The maximum atomic E-state index is 12.7. The molecule has 1 amide bonds. The zero-order valence-electron chi connectivity index (χ0n) is 12.5. The number of carbonyl (C=O) groups excluding carboxylic acids is 1. The second kappa shape index (κ2) is 5.48. The van der Waals surface area contributed by atoms with Gasteiger partial charge in [-0.05, 0) is 32.3 Å². The molecule has 0 aromatic heterocycles. The molecule has 0 bridgehead atoms. The maximum absolute atomic E-state index is 12.7. The molecule has 0 aliphatic carbocycles. The number of carboxylic acids is 1. The minimum absolute atomic E-state index is 0.152. The second-order valence-electron chi connectivity index (χ2n) is 6.23. The summed E-state index contributed by atoms with van der Waals surface area (Å²) in [5, 5.41) is 9.23.